The fourth-order valence-electron chi connectivity index (χ4n) is 2.42. The van der Waals surface area contributed by atoms with Gasteiger partial charge in [-0.15, -0.1) is 0 Å². The number of hydrogen-bond acceptors (Lipinski definition) is 1. The zero-order chi connectivity index (χ0) is 9.26. The van der Waals surface area contributed by atoms with Crippen LogP contribution in [0.1, 0.15) is 24.8 Å². The molecule has 0 spiro atoms. The van der Waals surface area contributed by atoms with Gasteiger partial charge in [-0.2, -0.15) is 0 Å². The normalized spacial score (nSPS) is 31.7. The van der Waals surface area contributed by atoms with Crippen molar-refractivity contribution in [3.05, 3.63) is 35.9 Å². The second-order valence-corrected chi connectivity index (χ2v) is 3.85. The van der Waals surface area contributed by atoms with E-state index >= 15 is 0 Å². The Morgan fingerprint density at radius 3 is 2.31 bits per heavy atom. The van der Waals surface area contributed by atoms with E-state index in [4.69, 9.17) is 5.11 Å². The van der Waals surface area contributed by atoms with Crippen LogP contribution in [-0.2, 0) is 0 Å². The Balaban J connectivity index is 2.12. The van der Waals surface area contributed by atoms with E-state index in [2.05, 4.69) is 31.2 Å². The molecule has 0 aliphatic heterocycles. The minimum atomic E-state index is 0.345. The third-order valence-corrected chi connectivity index (χ3v) is 3.20. The Kier molecular flexibility index (Phi) is 2.36. The first-order valence-corrected chi connectivity index (χ1v) is 5.04. The highest BCUT2D eigenvalue weighted by atomic mass is 16.3. The summed E-state index contributed by atoms with van der Waals surface area (Å²) in [5, 5.41) is 9.14. The lowest BCUT2D eigenvalue weighted by atomic mass is 10.1. The van der Waals surface area contributed by atoms with Gasteiger partial charge in [-0.25, -0.2) is 0 Å². The lowest BCUT2D eigenvalue weighted by Gasteiger charge is -1.97. The molecule has 0 radical (unpaired) electrons. The number of aliphatic hydroxyl groups excluding tert-OH is 1. The van der Waals surface area contributed by atoms with Crippen LogP contribution in [0, 0.1) is 11.8 Å². The summed E-state index contributed by atoms with van der Waals surface area (Å²) >= 11 is 0. The van der Waals surface area contributed by atoms with Crippen LogP contribution in [-0.4, -0.2) is 11.7 Å². The average Bonchev–Trinajstić information content (AvgIpc) is 2.92. The highest BCUT2D eigenvalue weighted by Gasteiger charge is 2.48. The van der Waals surface area contributed by atoms with Crippen molar-refractivity contribution < 1.29 is 5.11 Å². The predicted molar refractivity (Wildman–Crippen MR) is 53.5 cm³/mol. The van der Waals surface area contributed by atoms with E-state index in [0.29, 0.717) is 24.4 Å². The fraction of sp³-hybridized carbons (Fsp3) is 0.500. The van der Waals surface area contributed by atoms with Crippen LogP contribution in [0.5, 0.6) is 0 Å². The summed E-state index contributed by atoms with van der Waals surface area (Å²) in [7, 11) is 0. The molecule has 0 saturated heterocycles. The van der Waals surface area contributed by atoms with Gasteiger partial charge in [0.1, 0.15) is 0 Å². The molecule has 13 heavy (non-hydrogen) atoms. The molecule has 1 aliphatic carbocycles. The molecule has 0 amide bonds. The van der Waals surface area contributed by atoms with Crippen LogP contribution < -0.4 is 0 Å². The molecule has 3 unspecified atom stereocenters. The summed E-state index contributed by atoms with van der Waals surface area (Å²) in [5.74, 6) is 1.86. The standard InChI is InChI=1S/C12H16O/c1-2-10-11(8-13)12(10)9-6-4-3-5-7-9/h3-7,10-13H,2,8H2,1H3. The zero-order valence-electron chi connectivity index (χ0n) is 7.98. The highest BCUT2D eigenvalue weighted by Crippen LogP contribution is 2.55. The quantitative estimate of drug-likeness (QED) is 0.750. The van der Waals surface area contributed by atoms with Crippen LogP contribution in [0.15, 0.2) is 30.3 Å². The third kappa shape index (κ3) is 1.49. The van der Waals surface area contributed by atoms with E-state index in [1.807, 2.05) is 6.07 Å². The van der Waals surface area contributed by atoms with E-state index < -0.39 is 0 Å². The number of aliphatic hydroxyl groups is 1. The van der Waals surface area contributed by atoms with Crippen molar-refractivity contribution in [3.63, 3.8) is 0 Å². The molecule has 1 nitrogen and oxygen atoms in total. The average molecular weight is 176 g/mol. The molecule has 1 aromatic rings. The molecule has 0 aromatic heterocycles. The molecule has 0 heterocycles. The van der Waals surface area contributed by atoms with E-state index in [1.54, 1.807) is 0 Å². The van der Waals surface area contributed by atoms with Crippen LogP contribution in [0.4, 0.5) is 0 Å². The molecule has 3 atom stereocenters. The number of benzene rings is 1. The predicted octanol–water partition coefficient (Wildman–Crippen LogP) is 2.42. The Hall–Kier alpha value is -0.820. The molecular weight excluding hydrogens is 160 g/mol. The van der Waals surface area contributed by atoms with Crippen molar-refractivity contribution in [2.45, 2.75) is 19.3 Å². The van der Waals surface area contributed by atoms with E-state index in [-0.39, 0.29) is 0 Å². The monoisotopic (exact) mass is 176 g/mol. The maximum atomic E-state index is 9.14. The third-order valence-electron chi connectivity index (χ3n) is 3.20. The topological polar surface area (TPSA) is 20.2 Å². The van der Waals surface area contributed by atoms with Crippen molar-refractivity contribution in [3.8, 4) is 0 Å². The van der Waals surface area contributed by atoms with Gasteiger partial charge in [0, 0.05) is 6.61 Å². The smallest absolute Gasteiger partial charge is 0.0468 e. The van der Waals surface area contributed by atoms with Crippen LogP contribution in [0.25, 0.3) is 0 Å². The first kappa shape index (κ1) is 8.76. The maximum Gasteiger partial charge on any atom is 0.0468 e. The number of rotatable bonds is 3. The molecule has 1 aromatic carbocycles. The molecule has 70 valence electrons. The Bertz CT molecular complexity index is 258. The van der Waals surface area contributed by atoms with Gasteiger partial charge in [0.25, 0.3) is 0 Å². The van der Waals surface area contributed by atoms with Gasteiger partial charge >= 0.3 is 0 Å². The van der Waals surface area contributed by atoms with Gasteiger partial charge in [0.15, 0.2) is 0 Å². The van der Waals surface area contributed by atoms with Crippen molar-refractivity contribution >= 4 is 0 Å². The van der Waals surface area contributed by atoms with Crippen LogP contribution in [0.3, 0.4) is 0 Å². The van der Waals surface area contributed by atoms with Gasteiger partial charge in [0.05, 0.1) is 0 Å². The lowest BCUT2D eigenvalue weighted by molar-refractivity contribution is 0.266. The maximum absolute atomic E-state index is 9.14. The summed E-state index contributed by atoms with van der Waals surface area (Å²) in [4.78, 5) is 0. The summed E-state index contributed by atoms with van der Waals surface area (Å²) in [6.45, 7) is 2.55. The Labute approximate surface area is 79.4 Å². The van der Waals surface area contributed by atoms with Crippen molar-refractivity contribution in [2.75, 3.05) is 6.61 Å². The summed E-state index contributed by atoms with van der Waals surface area (Å²) < 4.78 is 0. The minimum Gasteiger partial charge on any atom is -0.396 e. The second kappa shape index (κ2) is 3.51. The van der Waals surface area contributed by atoms with Gasteiger partial charge in [-0.1, -0.05) is 43.7 Å². The van der Waals surface area contributed by atoms with Gasteiger partial charge in [-0.05, 0) is 23.3 Å². The number of hydrogen-bond donors (Lipinski definition) is 1. The lowest BCUT2D eigenvalue weighted by Crippen LogP contribution is -1.88. The van der Waals surface area contributed by atoms with Crippen LogP contribution >= 0.6 is 0 Å². The molecule has 1 fully saturated rings. The van der Waals surface area contributed by atoms with Gasteiger partial charge in [-0.3, -0.25) is 0 Å². The van der Waals surface area contributed by atoms with Gasteiger partial charge < -0.3 is 5.11 Å². The van der Waals surface area contributed by atoms with Crippen molar-refractivity contribution in [2.24, 2.45) is 11.8 Å². The fourth-order valence-corrected chi connectivity index (χ4v) is 2.42. The molecule has 1 aliphatic rings. The highest BCUT2D eigenvalue weighted by molar-refractivity contribution is 5.27. The second-order valence-electron chi connectivity index (χ2n) is 3.85. The van der Waals surface area contributed by atoms with Crippen molar-refractivity contribution in [1.82, 2.24) is 0 Å². The van der Waals surface area contributed by atoms with E-state index in [9.17, 15) is 0 Å². The van der Waals surface area contributed by atoms with E-state index in [0.717, 1.165) is 0 Å². The molecule has 2 rings (SSSR count). The molecule has 1 N–H and O–H groups in total. The Morgan fingerprint density at radius 2 is 1.85 bits per heavy atom. The first-order valence-electron chi connectivity index (χ1n) is 5.04. The molecule has 1 saturated carbocycles. The van der Waals surface area contributed by atoms with Crippen LogP contribution in [0.2, 0.25) is 0 Å². The Morgan fingerprint density at radius 1 is 1.15 bits per heavy atom. The van der Waals surface area contributed by atoms with Crippen molar-refractivity contribution in [1.29, 1.82) is 0 Å². The zero-order valence-corrected chi connectivity index (χ0v) is 7.98. The SMILES string of the molecule is CCC1C(CO)C1c1ccccc1. The molecule has 1 heteroatoms. The summed E-state index contributed by atoms with van der Waals surface area (Å²) in [5.41, 5.74) is 1.40. The first-order chi connectivity index (χ1) is 6.38. The molecule has 0 bridgehead atoms. The summed E-state index contributed by atoms with van der Waals surface area (Å²) in [6.07, 6.45) is 1.19. The molecular formula is C12H16O. The van der Waals surface area contributed by atoms with Gasteiger partial charge in [0.2, 0.25) is 0 Å². The summed E-state index contributed by atoms with van der Waals surface area (Å²) in [6, 6.07) is 10.5. The largest absolute Gasteiger partial charge is 0.396 e. The van der Waals surface area contributed by atoms with E-state index in [1.165, 1.54) is 12.0 Å². The minimum absolute atomic E-state index is 0.345.